The highest BCUT2D eigenvalue weighted by atomic mass is 32.1. The number of rotatable bonds is 5. The van der Waals surface area contributed by atoms with Crippen molar-refractivity contribution in [3.8, 4) is 10.8 Å². The van der Waals surface area contributed by atoms with E-state index in [4.69, 9.17) is 4.42 Å². The van der Waals surface area contributed by atoms with Crippen molar-refractivity contribution in [2.75, 3.05) is 5.32 Å². The van der Waals surface area contributed by atoms with Gasteiger partial charge in [-0.2, -0.15) is 0 Å². The topological polar surface area (TPSA) is 72.2 Å². The molecule has 0 aliphatic heterocycles. The number of nitrogens with one attached hydrogen (secondary N) is 1. The fraction of sp³-hybridized carbons (Fsp3) is 0.167. The first-order valence-corrected chi connectivity index (χ1v) is 8.32. The number of benzene rings is 1. The number of nitrogens with zero attached hydrogens (tertiary/aromatic N) is 1. The van der Waals surface area contributed by atoms with Crippen LogP contribution in [0.3, 0.4) is 0 Å². The Kier molecular flexibility index (Phi) is 4.57. The molecule has 1 aromatic carbocycles. The molecule has 24 heavy (non-hydrogen) atoms. The molecule has 0 saturated carbocycles. The van der Waals surface area contributed by atoms with Crippen molar-refractivity contribution in [2.45, 2.75) is 20.3 Å². The van der Waals surface area contributed by atoms with Gasteiger partial charge in [-0.1, -0.05) is 18.2 Å². The van der Waals surface area contributed by atoms with Gasteiger partial charge in [0.05, 0.1) is 17.0 Å². The summed E-state index contributed by atoms with van der Waals surface area (Å²) in [5.74, 6) is 0.916. The molecule has 0 atom stereocenters. The van der Waals surface area contributed by atoms with E-state index in [9.17, 15) is 9.59 Å². The van der Waals surface area contributed by atoms with E-state index in [0.717, 1.165) is 4.88 Å². The van der Waals surface area contributed by atoms with Gasteiger partial charge in [-0.25, -0.2) is 4.98 Å². The molecule has 1 N–H and O–H groups in total. The minimum absolute atomic E-state index is 0.0426. The van der Waals surface area contributed by atoms with Crippen molar-refractivity contribution in [2.24, 2.45) is 0 Å². The summed E-state index contributed by atoms with van der Waals surface area (Å²) >= 11 is 1.54. The predicted molar refractivity (Wildman–Crippen MR) is 93.3 cm³/mol. The normalized spacial score (nSPS) is 10.6. The molecule has 0 bridgehead atoms. The molecular formula is C18H16N2O3S. The zero-order valence-corrected chi connectivity index (χ0v) is 14.1. The van der Waals surface area contributed by atoms with Crippen molar-refractivity contribution in [1.82, 2.24) is 4.98 Å². The molecule has 2 heterocycles. The zero-order valence-electron chi connectivity index (χ0n) is 13.3. The molecule has 3 rings (SSSR count). The lowest BCUT2D eigenvalue weighted by molar-refractivity contribution is -0.115. The number of ketones is 1. The van der Waals surface area contributed by atoms with Crippen molar-refractivity contribution >= 4 is 28.7 Å². The highest BCUT2D eigenvalue weighted by molar-refractivity contribution is 7.13. The zero-order chi connectivity index (χ0) is 17.1. The fourth-order valence-corrected chi connectivity index (χ4v) is 2.92. The summed E-state index contributed by atoms with van der Waals surface area (Å²) in [4.78, 5) is 29.0. The Hall–Kier alpha value is -2.73. The van der Waals surface area contributed by atoms with Gasteiger partial charge in [0.25, 0.3) is 0 Å². The van der Waals surface area contributed by atoms with Crippen LogP contribution in [0.4, 0.5) is 5.69 Å². The maximum Gasteiger partial charge on any atom is 0.236 e. The smallest absolute Gasteiger partial charge is 0.236 e. The van der Waals surface area contributed by atoms with Gasteiger partial charge in [-0.3, -0.25) is 9.59 Å². The summed E-state index contributed by atoms with van der Waals surface area (Å²) < 4.78 is 5.64. The summed E-state index contributed by atoms with van der Waals surface area (Å²) in [7, 11) is 0. The number of Topliss-reactive ketones (excluding diaryl/α,β-unsaturated/α-hetero) is 1. The van der Waals surface area contributed by atoms with Crippen molar-refractivity contribution in [3.63, 3.8) is 0 Å². The standard InChI is InChI=1S/C18H16N2O3S/c1-11(21)13-5-3-6-14(9-13)19-17(22)10-15-12(2)23-18(20-15)16-7-4-8-24-16/h3-9H,10H2,1-2H3,(H,19,22). The van der Waals surface area contributed by atoms with Crippen LogP contribution >= 0.6 is 11.3 Å². The molecular weight excluding hydrogens is 324 g/mol. The average molecular weight is 340 g/mol. The molecule has 3 aromatic rings. The third kappa shape index (κ3) is 3.60. The van der Waals surface area contributed by atoms with Crippen LogP contribution in [-0.2, 0) is 11.2 Å². The lowest BCUT2D eigenvalue weighted by Gasteiger charge is -2.05. The molecule has 0 fully saturated rings. The van der Waals surface area contributed by atoms with Crippen LogP contribution in [0.25, 0.3) is 10.8 Å². The van der Waals surface area contributed by atoms with Crippen LogP contribution in [0.15, 0.2) is 46.2 Å². The summed E-state index contributed by atoms with van der Waals surface area (Å²) in [5, 5.41) is 4.73. The molecule has 0 aliphatic rings. The Morgan fingerprint density at radius 2 is 2.08 bits per heavy atom. The number of anilines is 1. The second-order valence-electron chi connectivity index (χ2n) is 5.36. The number of aryl methyl sites for hydroxylation is 1. The van der Waals surface area contributed by atoms with E-state index in [2.05, 4.69) is 10.3 Å². The first-order chi connectivity index (χ1) is 11.5. The Bertz CT molecular complexity index is 882. The Morgan fingerprint density at radius 3 is 2.79 bits per heavy atom. The maximum atomic E-state index is 12.2. The molecule has 2 aromatic heterocycles. The highest BCUT2D eigenvalue weighted by Crippen LogP contribution is 2.26. The monoisotopic (exact) mass is 340 g/mol. The number of amides is 1. The summed E-state index contributed by atoms with van der Waals surface area (Å²) in [6, 6.07) is 10.7. The van der Waals surface area contributed by atoms with E-state index in [1.807, 2.05) is 17.5 Å². The molecule has 0 unspecified atom stereocenters. The van der Waals surface area contributed by atoms with Gasteiger partial charge in [0.2, 0.25) is 11.8 Å². The summed E-state index contributed by atoms with van der Waals surface area (Å²) in [5.41, 5.74) is 1.76. The number of oxazole rings is 1. The Morgan fingerprint density at radius 1 is 1.25 bits per heavy atom. The van der Waals surface area contributed by atoms with E-state index in [0.29, 0.717) is 28.6 Å². The number of hydrogen-bond acceptors (Lipinski definition) is 5. The fourth-order valence-electron chi connectivity index (χ4n) is 2.27. The van der Waals surface area contributed by atoms with Crippen molar-refractivity contribution in [1.29, 1.82) is 0 Å². The van der Waals surface area contributed by atoms with E-state index < -0.39 is 0 Å². The first-order valence-electron chi connectivity index (χ1n) is 7.44. The largest absolute Gasteiger partial charge is 0.440 e. The van der Waals surface area contributed by atoms with Crippen LogP contribution in [0.2, 0.25) is 0 Å². The minimum atomic E-state index is -0.204. The van der Waals surface area contributed by atoms with Gasteiger partial charge >= 0.3 is 0 Å². The number of thiophene rings is 1. The second-order valence-corrected chi connectivity index (χ2v) is 6.31. The van der Waals surface area contributed by atoms with Gasteiger partial charge in [0.1, 0.15) is 5.76 Å². The Labute approximate surface area is 143 Å². The number of carbonyl (C=O) groups is 2. The highest BCUT2D eigenvalue weighted by Gasteiger charge is 2.15. The molecule has 122 valence electrons. The lowest BCUT2D eigenvalue weighted by Crippen LogP contribution is -2.15. The number of aromatic nitrogens is 1. The van der Waals surface area contributed by atoms with Crippen LogP contribution in [0, 0.1) is 6.92 Å². The van der Waals surface area contributed by atoms with Gasteiger partial charge < -0.3 is 9.73 Å². The Balaban J connectivity index is 1.71. The molecule has 5 nitrogen and oxygen atoms in total. The summed E-state index contributed by atoms with van der Waals surface area (Å²) in [6.45, 7) is 3.29. The summed E-state index contributed by atoms with van der Waals surface area (Å²) in [6.07, 6.45) is 0.116. The SMILES string of the molecule is CC(=O)c1cccc(NC(=O)Cc2nc(-c3cccs3)oc2C)c1. The van der Waals surface area contributed by atoms with Crippen LogP contribution in [0.1, 0.15) is 28.7 Å². The second kappa shape index (κ2) is 6.80. The molecule has 0 spiro atoms. The minimum Gasteiger partial charge on any atom is -0.440 e. The van der Waals surface area contributed by atoms with Crippen molar-refractivity contribution in [3.05, 3.63) is 58.8 Å². The molecule has 1 amide bonds. The van der Waals surface area contributed by atoms with Gasteiger partial charge in [0, 0.05) is 11.3 Å². The number of hydrogen-bond donors (Lipinski definition) is 1. The molecule has 0 radical (unpaired) electrons. The van der Waals surface area contributed by atoms with Crippen LogP contribution in [-0.4, -0.2) is 16.7 Å². The van der Waals surface area contributed by atoms with Crippen molar-refractivity contribution < 1.29 is 14.0 Å². The van der Waals surface area contributed by atoms with E-state index in [1.54, 1.807) is 31.2 Å². The quantitative estimate of drug-likeness (QED) is 0.710. The predicted octanol–water partition coefficient (Wildman–Crippen LogP) is 4.10. The molecule has 6 heteroatoms. The van der Waals surface area contributed by atoms with Gasteiger partial charge in [-0.15, -0.1) is 11.3 Å². The third-order valence-electron chi connectivity index (χ3n) is 3.51. The van der Waals surface area contributed by atoms with Crippen LogP contribution in [0.5, 0.6) is 0 Å². The van der Waals surface area contributed by atoms with E-state index >= 15 is 0 Å². The van der Waals surface area contributed by atoms with E-state index in [-0.39, 0.29) is 18.1 Å². The van der Waals surface area contributed by atoms with Gasteiger partial charge in [0.15, 0.2) is 5.78 Å². The van der Waals surface area contributed by atoms with E-state index in [1.165, 1.54) is 18.3 Å². The first kappa shape index (κ1) is 16.1. The van der Waals surface area contributed by atoms with Crippen LogP contribution < -0.4 is 5.32 Å². The third-order valence-corrected chi connectivity index (χ3v) is 4.36. The molecule has 0 aliphatic carbocycles. The molecule has 0 saturated heterocycles. The number of carbonyl (C=O) groups excluding carboxylic acids is 2. The van der Waals surface area contributed by atoms with Gasteiger partial charge in [-0.05, 0) is 37.4 Å². The maximum absolute atomic E-state index is 12.2. The average Bonchev–Trinajstić information content (AvgIpc) is 3.18. The lowest BCUT2D eigenvalue weighted by atomic mass is 10.1.